The number of hydrogen-bond donors (Lipinski definition) is 1. The lowest BCUT2D eigenvalue weighted by Gasteiger charge is -2.08. The van der Waals surface area contributed by atoms with E-state index in [0.717, 1.165) is 5.69 Å². The lowest BCUT2D eigenvalue weighted by Crippen LogP contribution is -2.05. The fraction of sp³-hybridized carbons (Fsp3) is 0.125. The van der Waals surface area contributed by atoms with Gasteiger partial charge in [0, 0.05) is 17.5 Å². The van der Waals surface area contributed by atoms with Crippen molar-refractivity contribution in [2.24, 2.45) is 4.99 Å². The third-order valence-electron chi connectivity index (χ3n) is 3.17. The van der Waals surface area contributed by atoms with Crippen LogP contribution in [0.5, 0.6) is 11.5 Å². The molecule has 3 rings (SSSR count). The van der Waals surface area contributed by atoms with Crippen molar-refractivity contribution in [1.29, 1.82) is 0 Å². The van der Waals surface area contributed by atoms with Gasteiger partial charge in [-0.25, -0.2) is 9.79 Å². The van der Waals surface area contributed by atoms with Crippen LogP contribution in [0, 0.1) is 0 Å². The number of rotatable bonds is 4. The quantitative estimate of drug-likeness (QED) is 0.695. The first-order chi connectivity index (χ1) is 10.7. The number of aliphatic imine (C=N–C) groups is 1. The summed E-state index contributed by atoms with van der Waals surface area (Å²) >= 11 is 0. The van der Waals surface area contributed by atoms with E-state index in [-0.39, 0.29) is 11.6 Å². The summed E-state index contributed by atoms with van der Waals surface area (Å²) in [5.41, 5.74) is 1.66. The average molecular weight is 298 g/mol. The summed E-state index contributed by atoms with van der Waals surface area (Å²) in [4.78, 5) is 19.1. The van der Waals surface area contributed by atoms with E-state index in [4.69, 9.17) is 14.2 Å². The van der Waals surface area contributed by atoms with Crippen molar-refractivity contribution in [1.82, 2.24) is 4.98 Å². The molecule has 0 unspecified atom stereocenters. The molecule has 0 bridgehead atoms. The van der Waals surface area contributed by atoms with E-state index in [1.54, 1.807) is 44.7 Å². The second-order valence-electron chi connectivity index (χ2n) is 4.53. The van der Waals surface area contributed by atoms with E-state index in [1.165, 1.54) is 0 Å². The monoisotopic (exact) mass is 298 g/mol. The van der Waals surface area contributed by atoms with Gasteiger partial charge in [-0.1, -0.05) is 0 Å². The van der Waals surface area contributed by atoms with Gasteiger partial charge >= 0.3 is 5.97 Å². The minimum Gasteiger partial charge on any atom is -0.493 e. The molecule has 0 saturated heterocycles. The minimum atomic E-state index is -0.487. The summed E-state index contributed by atoms with van der Waals surface area (Å²) < 4.78 is 15.6. The molecule has 0 radical (unpaired) electrons. The standard InChI is InChI=1S/C16H14N2O4/c1-20-13-6-5-10(8-14(13)21-2)15-18-12(16(19)22-15)9-11-4-3-7-17-11/h3-9,17H,1-2H3. The molecule has 112 valence electrons. The molecule has 1 aliphatic rings. The molecule has 0 atom stereocenters. The van der Waals surface area contributed by atoms with Gasteiger partial charge in [-0.15, -0.1) is 0 Å². The van der Waals surface area contributed by atoms with Crippen molar-refractivity contribution >= 4 is 17.9 Å². The molecule has 1 aromatic carbocycles. The Morgan fingerprint density at radius 3 is 2.68 bits per heavy atom. The molecule has 6 nitrogen and oxygen atoms in total. The topological polar surface area (TPSA) is 72.9 Å². The molecular weight excluding hydrogens is 284 g/mol. The fourth-order valence-electron chi connectivity index (χ4n) is 2.08. The maximum absolute atomic E-state index is 11.9. The predicted molar refractivity (Wildman–Crippen MR) is 80.9 cm³/mol. The summed E-state index contributed by atoms with van der Waals surface area (Å²) in [6.45, 7) is 0. The van der Waals surface area contributed by atoms with Gasteiger partial charge < -0.3 is 19.2 Å². The molecule has 2 aromatic rings. The van der Waals surface area contributed by atoms with E-state index in [9.17, 15) is 4.79 Å². The number of hydrogen-bond acceptors (Lipinski definition) is 5. The molecule has 1 aliphatic heterocycles. The van der Waals surface area contributed by atoms with Crippen LogP contribution in [-0.4, -0.2) is 31.1 Å². The minimum absolute atomic E-state index is 0.240. The summed E-state index contributed by atoms with van der Waals surface area (Å²) in [7, 11) is 3.10. The maximum Gasteiger partial charge on any atom is 0.363 e. The summed E-state index contributed by atoms with van der Waals surface area (Å²) in [5.74, 6) is 0.891. The smallest absolute Gasteiger partial charge is 0.363 e. The molecule has 1 N–H and O–H groups in total. The van der Waals surface area contributed by atoms with E-state index in [1.807, 2.05) is 12.1 Å². The van der Waals surface area contributed by atoms with Gasteiger partial charge in [-0.05, 0) is 36.4 Å². The zero-order chi connectivity index (χ0) is 15.5. The van der Waals surface area contributed by atoms with Crippen LogP contribution < -0.4 is 9.47 Å². The number of esters is 1. The number of methoxy groups -OCH3 is 2. The number of benzene rings is 1. The second kappa shape index (κ2) is 5.77. The average Bonchev–Trinajstić information content (AvgIpc) is 3.17. The van der Waals surface area contributed by atoms with Crippen LogP contribution in [0.3, 0.4) is 0 Å². The predicted octanol–water partition coefficient (Wildman–Crippen LogP) is 2.38. The molecule has 1 aromatic heterocycles. The van der Waals surface area contributed by atoms with Crippen LogP contribution in [0.2, 0.25) is 0 Å². The van der Waals surface area contributed by atoms with Gasteiger partial charge in [0.25, 0.3) is 0 Å². The van der Waals surface area contributed by atoms with E-state index < -0.39 is 5.97 Å². The second-order valence-corrected chi connectivity index (χ2v) is 4.53. The number of nitrogens with zero attached hydrogens (tertiary/aromatic N) is 1. The Hall–Kier alpha value is -3.02. The van der Waals surface area contributed by atoms with Crippen molar-refractivity contribution in [3.8, 4) is 11.5 Å². The Balaban J connectivity index is 1.94. The first kappa shape index (κ1) is 13.9. The van der Waals surface area contributed by atoms with Crippen LogP contribution >= 0.6 is 0 Å². The van der Waals surface area contributed by atoms with Gasteiger partial charge in [0.05, 0.1) is 14.2 Å². The molecule has 6 heteroatoms. The SMILES string of the molecule is COc1ccc(C2=NC(=Cc3ccc[nH]3)C(=O)O2)cc1OC. The van der Waals surface area contributed by atoms with Gasteiger partial charge in [0.1, 0.15) is 0 Å². The highest BCUT2D eigenvalue weighted by Gasteiger charge is 2.25. The Morgan fingerprint density at radius 1 is 1.18 bits per heavy atom. The number of ether oxygens (including phenoxy) is 3. The van der Waals surface area contributed by atoms with E-state index in [0.29, 0.717) is 17.1 Å². The lowest BCUT2D eigenvalue weighted by atomic mass is 10.2. The van der Waals surface area contributed by atoms with E-state index >= 15 is 0 Å². The van der Waals surface area contributed by atoms with Gasteiger partial charge in [-0.2, -0.15) is 0 Å². The molecule has 0 aliphatic carbocycles. The Labute approximate surface area is 127 Å². The Bertz CT molecular complexity index is 760. The van der Waals surface area contributed by atoms with Crippen molar-refractivity contribution in [2.45, 2.75) is 0 Å². The van der Waals surface area contributed by atoms with Crippen molar-refractivity contribution < 1.29 is 19.0 Å². The normalized spacial score (nSPS) is 15.6. The van der Waals surface area contributed by atoms with Gasteiger partial charge in [0.15, 0.2) is 17.2 Å². The molecule has 22 heavy (non-hydrogen) atoms. The largest absolute Gasteiger partial charge is 0.493 e. The molecule has 0 spiro atoms. The van der Waals surface area contributed by atoms with Crippen LogP contribution in [-0.2, 0) is 9.53 Å². The van der Waals surface area contributed by atoms with Gasteiger partial charge in [-0.3, -0.25) is 0 Å². The number of aromatic amines is 1. The highest BCUT2D eigenvalue weighted by Crippen LogP contribution is 2.29. The molecule has 0 saturated carbocycles. The molecule has 2 heterocycles. The lowest BCUT2D eigenvalue weighted by molar-refractivity contribution is -0.129. The molecular formula is C16H14N2O4. The summed E-state index contributed by atoms with van der Waals surface area (Å²) in [5, 5.41) is 0. The molecule has 0 fully saturated rings. The number of carbonyl (C=O) groups is 1. The van der Waals surface area contributed by atoms with E-state index in [2.05, 4.69) is 9.98 Å². The number of carbonyl (C=O) groups excluding carboxylic acids is 1. The van der Waals surface area contributed by atoms with Crippen LogP contribution in [0.1, 0.15) is 11.3 Å². The maximum atomic E-state index is 11.9. The van der Waals surface area contributed by atoms with Crippen molar-refractivity contribution in [3.63, 3.8) is 0 Å². The first-order valence-corrected chi connectivity index (χ1v) is 6.59. The summed E-state index contributed by atoms with van der Waals surface area (Å²) in [6, 6.07) is 8.88. The number of aromatic nitrogens is 1. The number of H-pyrrole nitrogens is 1. The van der Waals surface area contributed by atoms with Crippen LogP contribution in [0.25, 0.3) is 6.08 Å². The van der Waals surface area contributed by atoms with Crippen LogP contribution in [0.15, 0.2) is 47.2 Å². The zero-order valence-electron chi connectivity index (χ0n) is 12.1. The highest BCUT2D eigenvalue weighted by molar-refractivity contribution is 6.12. The molecule has 0 amide bonds. The first-order valence-electron chi connectivity index (χ1n) is 6.59. The number of cyclic esters (lactones) is 1. The zero-order valence-corrected chi connectivity index (χ0v) is 12.1. The Morgan fingerprint density at radius 2 is 2.00 bits per heavy atom. The van der Waals surface area contributed by atoms with Crippen molar-refractivity contribution in [3.05, 3.63) is 53.5 Å². The number of nitrogens with one attached hydrogen (secondary N) is 1. The summed E-state index contributed by atoms with van der Waals surface area (Å²) in [6.07, 6.45) is 3.40. The third-order valence-corrected chi connectivity index (χ3v) is 3.17. The van der Waals surface area contributed by atoms with Crippen LogP contribution in [0.4, 0.5) is 0 Å². The highest BCUT2D eigenvalue weighted by atomic mass is 16.6. The third kappa shape index (κ3) is 2.58. The van der Waals surface area contributed by atoms with Crippen molar-refractivity contribution in [2.75, 3.05) is 14.2 Å². The van der Waals surface area contributed by atoms with Gasteiger partial charge in [0.2, 0.25) is 5.90 Å². The Kier molecular flexibility index (Phi) is 3.65. The fourth-order valence-corrected chi connectivity index (χ4v) is 2.08.